The molecule has 0 fully saturated rings. The van der Waals surface area contributed by atoms with Crippen LogP contribution in [0.2, 0.25) is 0 Å². The Morgan fingerprint density at radius 1 is 1.21 bits per heavy atom. The summed E-state index contributed by atoms with van der Waals surface area (Å²) in [5.41, 5.74) is 5.10. The number of hydrogen-bond acceptors (Lipinski definition) is 3. The molecule has 0 rings (SSSR count). The fourth-order valence-electron chi connectivity index (χ4n) is 1.06. The lowest BCUT2D eigenvalue weighted by Crippen LogP contribution is -2.44. The Morgan fingerprint density at radius 3 is 2.07 bits per heavy atom. The maximum absolute atomic E-state index is 11.8. The molecular formula is C10H23N3O. The molecule has 0 radical (unpaired) electrons. The van der Waals surface area contributed by atoms with E-state index in [1.807, 2.05) is 35.0 Å². The van der Waals surface area contributed by atoms with Gasteiger partial charge >= 0.3 is 0 Å². The topological polar surface area (TPSA) is 49.6 Å². The summed E-state index contributed by atoms with van der Waals surface area (Å²) >= 11 is 0. The van der Waals surface area contributed by atoms with Crippen molar-refractivity contribution in [1.82, 2.24) is 9.80 Å². The monoisotopic (exact) mass is 201 g/mol. The molecule has 0 aromatic rings. The molecule has 4 heteroatoms. The van der Waals surface area contributed by atoms with Crippen LogP contribution in [0.4, 0.5) is 0 Å². The van der Waals surface area contributed by atoms with Crippen LogP contribution < -0.4 is 5.73 Å². The number of carbonyl (C=O) groups excluding carboxylic acids is 1. The van der Waals surface area contributed by atoms with E-state index in [2.05, 4.69) is 4.90 Å². The fraction of sp³-hybridized carbons (Fsp3) is 0.900. The van der Waals surface area contributed by atoms with E-state index in [4.69, 9.17) is 5.73 Å². The summed E-state index contributed by atoms with van der Waals surface area (Å²) in [6.07, 6.45) is 0. The summed E-state index contributed by atoms with van der Waals surface area (Å²) in [7, 11) is 5.81. The molecule has 0 atom stereocenters. The summed E-state index contributed by atoms with van der Waals surface area (Å²) in [6, 6.07) is 0. The van der Waals surface area contributed by atoms with Crippen LogP contribution in [0.25, 0.3) is 0 Å². The Morgan fingerprint density at radius 2 is 1.71 bits per heavy atom. The molecular weight excluding hydrogens is 178 g/mol. The van der Waals surface area contributed by atoms with Gasteiger partial charge < -0.3 is 15.5 Å². The molecule has 0 aromatic heterocycles. The van der Waals surface area contributed by atoms with E-state index >= 15 is 0 Å². The standard InChI is InChI=1S/C10H23N3O/c1-10(2,8-11)9(14)13(5)7-6-12(3)4/h6-8,11H2,1-5H3. The van der Waals surface area contributed by atoms with Gasteiger partial charge in [0.15, 0.2) is 0 Å². The zero-order valence-electron chi connectivity index (χ0n) is 10.0. The smallest absolute Gasteiger partial charge is 0.229 e. The van der Waals surface area contributed by atoms with Crippen molar-refractivity contribution in [2.75, 3.05) is 40.8 Å². The number of nitrogens with two attached hydrogens (primary N) is 1. The highest BCUT2D eigenvalue weighted by molar-refractivity contribution is 5.81. The molecule has 0 aliphatic rings. The van der Waals surface area contributed by atoms with Gasteiger partial charge in [-0.25, -0.2) is 0 Å². The van der Waals surface area contributed by atoms with Gasteiger partial charge in [-0.15, -0.1) is 0 Å². The first-order chi connectivity index (χ1) is 6.31. The molecule has 0 heterocycles. The average molecular weight is 201 g/mol. The van der Waals surface area contributed by atoms with Gasteiger partial charge in [-0.05, 0) is 27.9 Å². The molecule has 1 amide bonds. The molecule has 0 saturated carbocycles. The highest BCUT2D eigenvalue weighted by Crippen LogP contribution is 2.15. The van der Waals surface area contributed by atoms with Crippen LogP contribution in [0.3, 0.4) is 0 Å². The summed E-state index contributed by atoms with van der Waals surface area (Å²) in [6.45, 7) is 5.76. The number of hydrogen-bond donors (Lipinski definition) is 1. The van der Waals surface area contributed by atoms with E-state index in [9.17, 15) is 4.79 Å². The average Bonchev–Trinajstić information content (AvgIpc) is 2.12. The first kappa shape index (κ1) is 13.4. The van der Waals surface area contributed by atoms with Crippen molar-refractivity contribution >= 4 is 5.91 Å². The lowest BCUT2D eigenvalue weighted by molar-refractivity contribution is -0.138. The van der Waals surface area contributed by atoms with Gasteiger partial charge in [0.25, 0.3) is 0 Å². The molecule has 0 saturated heterocycles. The normalized spacial score (nSPS) is 11.9. The first-order valence-corrected chi connectivity index (χ1v) is 4.91. The minimum absolute atomic E-state index is 0.113. The van der Waals surface area contributed by atoms with Crippen LogP contribution in [0.1, 0.15) is 13.8 Å². The van der Waals surface area contributed by atoms with Gasteiger partial charge in [0.1, 0.15) is 0 Å². The van der Waals surface area contributed by atoms with Crippen LogP contribution >= 0.6 is 0 Å². The Hall–Kier alpha value is -0.610. The lowest BCUT2D eigenvalue weighted by atomic mass is 9.92. The summed E-state index contributed by atoms with van der Waals surface area (Å²) in [4.78, 5) is 15.6. The molecule has 84 valence electrons. The zero-order valence-corrected chi connectivity index (χ0v) is 10.0. The Kier molecular flexibility index (Phi) is 5.08. The quantitative estimate of drug-likeness (QED) is 0.680. The van der Waals surface area contributed by atoms with E-state index < -0.39 is 5.41 Å². The highest BCUT2D eigenvalue weighted by Gasteiger charge is 2.28. The predicted molar refractivity (Wildman–Crippen MR) is 59.0 cm³/mol. The molecule has 0 aromatic carbocycles. The van der Waals surface area contributed by atoms with Crippen molar-refractivity contribution in [2.24, 2.45) is 11.1 Å². The van der Waals surface area contributed by atoms with Gasteiger partial charge in [0.2, 0.25) is 5.91 Å². The summed E-state index contributed by atoms with van der Waals surface area (Å²) in [5.74, 6) is 0.113. The predicted octanol–water partition coefficient (Wildman–Crippen LogP) is -0.00870. The Balaban J connectivity index is 4.12. The van der Waals surface area contributed by atoms with Gasteiger partial charge in [-0.1, -0.05) is 0 Å². The van der Waals surface area contributed by atoms with Crippen molar-refractivity contribution in [3.63, 3.8) is 0 Å². The number of rotatable bonds is 5. The van der Waals surface area contributed by atoms with Gasteiger partial charge in [-0.3, -0.25) is 4.79 Å². The van der Waals surface area contributed by atoms with E-state index in [0.717, 1.165) is 13.1 Å². The molecule has 4 nitrogen and oxygen atoms in total. The third-order valence-electron chi connectivity index (χ3n) is 2.32. The minimum atomic E-state index is -0.443. The molecule has 0 spiro atoms. The zero-order chi connectivity index (χ0) is 11.4. The Labute approximate surface area is 87.0 Å². The molecule has 0 unspecified atom stereocenters. The second-order valence-electron chi connectivity index (χ2n) is 4.62. The second kappa shape index (κ2) is 5.32. The van der Waals surface area contributed by atoms with Gasteiger partial charge in [0.05, 0.1) is 5.41 Å². The lowest BCUT2D eigenvalue weighted by Gasteiger charge is -2.28. The number of nitrogens with zero attached hydrogens (tertiary/aromatic N) is 2. The molecule has 0 aliphatic heterocycles. The van der Waals surface area contributed by atoms with Gasteiger partial charge in [-0.2, -0.15) is 0 Å². The van der Waals surface area contributed by atoms with E-state index in [1.165, 1.54) is 0 Å². The van der Waals surface area contributed by atoms with Crippen LogP contribution in [-0.2, 0) is 4.79 Å². The summed E-state index contributed by atoms with van der Waals surface area (Å²) < 4.78 is 0. The van der Waals surface area contributed by atoms with E-state index in [-0.39, 0.29) is 5.91 Å². The summed E-state index contributed by atoms with van der Waals surface area (Å²) in [5, 5.41) is 0. The Bertz CT molecular complexity index is 190. The third-order valence-corrected chi connectivity index (χ3v) is 2.32. The largest absolute Gasteiger partial charge is 0.344 e. The van der Waals surface area contributed by atoms with Crippen LogP contribution in [0, 0.1) is 5.41 Å². The van der Waals surface area contributed by atoms with Crippen LogP contribution in [-0.4, -0.2) is 56.5 Å². The maximum Gasteiger partial charge on any atom is 0.229 e. The van der Waals surface area contributed by atoms with Crippen molar-refractivity contribution in [2.45, 2.75) is 13.8 Å². The number of amides is 1. The van der Waals surface area contributed by atoms with Crippen molar-refractivity contribution in [3.8, 4) is 0 Å². The van der Waals surface area contributed by atoms with Gasteiger partial charge in [0, 0.05) is 26.7 Å². The van der Waals surface area contributed by atoms with Crippen LogP contribution in [0.15, 0.2) is 0 Å². The fourth-order valence-corrected chi connectivity index (χ4v) is 1.06. The van der Waals surface area contributed by atoms with Crippen molar-refractivity contribution in [3.05, 3.63) is 0 Å². The second-order valence-corrected chi connectivity index (χ2v) is 4.62. The van der Waals surface area contributed by atoms with Crippen molar-refractivity contribution in [1.29, 1.82) is 0 Å². The van der Waals surface area contributed by atoms with E-state index in [0.29, 0.717) is 6.54 Å². The molecule has 2 N–H and O–H groups in total. The maximum atomic E-state index is 11.8. The first-order valence-electron chi connectivity index (χ1n) is 4.91. The molecule has 0 bridgehead atoms. The van der Waals surface area contributed by atoms with Crippen molar-refractivity contribution < 1.29 is 4.79 Å². The minimum Gasteiger partial charge on any atom is -0.344 e. The number of likely N-dealkylation sites (N-methyl/N-ethyl adjacent to an activating group) is 2. The SMILES string of the molecule is CN(C)CCN(C)C(=O)C(C)(C)CN. The highest BCUT2D eigenvalue weighted by atomic mass is 16.2. The van der Waals surface area contributed by atoms with Crippen LogP contribution in [0.5, 0.6) is 0 Å². The molecule has 0 aliphatic carbocycles. The van der Waals surface area contributed by atoms with E-state index in [1.54, 1.807) is 4.90 Å². The third kappa shape index (κ3) is 4.07. The number of carbonyl (C=O) groups is 1. The molecule has 14 heavy (non-hydrogen) atoms.